The number of nitrogens with zero attached hydrogens (tertiary/aromatic N) is 4. The Morgan fingerprint density at radius 3 is 2.52 bits per heavy atom. The summed E-state index contributed by atoms with van der Waals surface area (Å²) in [7, 11) is -2.01. The summed E-state index contributed by atoms with van der Waals surface area (Å²) in [6.07, 6.45) is 7.90. The van der Waals surface area contributed by atoms with E-state index in [0.717, 1.165) is 30.4 Å². The fraction of sp³-hybridized carbons (Fsp3) is 0.722. The summed E-state index contributed by atoms with van der Waals surface area (Å²) in [4.78, 5) is 9.37. The third-order valence-electron chi connectivity index (χ3n) is 5.60. The molecule has 1 N–H and O–H groups in total. The van der Waals surface area contributed by atoms with Gasteiger partial charge in [-0.2, -0.15) is 12.7 Å². The lowest BCUT2D eigenvalue weighted by Crippen LogP contribution is -2.47. The molecule has 0 saturated carbocycles. The molecule has 2 aliphatic rings. The quantitative estimate of drug-likeness (QED) is 0.707. The lowest BCUT2D eigenvalue weighted by atomic mass is 10.00. The van der Waals surface area contributed by atoms with Gasteiger partial charge in [0.2, 0.25) is 0 Å². The molecule has 2 fully saturated rings. The van der Waals surface area contributed by atoms with Crippen LogP contribution in [-0.2, 0) is 10.2 Å². The Hall–Kier alpha value is -0.900. The Balaban J connectivity index is 1.72. The summed E-state index contributed by atoms with van der Waals surface area (Å²) in [5.41, 5.74) is 0.529. The van der Waals surface area contributed by atoms with Gasteiger partial charge in [-0.15, -0.1) is 0 Å². The van der Waals surface area contributed by atoms with Crippen LogP contribution in [0, 0.1) is 0 Å². The third kappa shape index (κ3) is 5.13. The summed E-state index contributed by atoms with van der Waals surface area (Å²) >= 11 is 3.41. The van der Waals surface area contributed by atoms with Crippen LogP contribution in [-0.4, -0.2) is 68.4 Å². The van der Waals surface area contributed by atoms with E-state index in [4.69, 9.17) is 0 Å². The van der Waals surface area contributed by atoms with Crippen LogP contribution >= 0.6 is 15.9 Å². The van der Waals surface area contributed by atoms with E-state index >= 15 is 0 Å². The minimum absolute atomic E-state index is 0.410. The first-order chi connectivity index (χ1) is 12.9. The Morgan fingerprint density at radius 2 is 1.89 bits per heavy atom. The van der Waals surface area contributed by atoms with Crippen LogP contribution in [0.2, 0.25) is 0 Å². The van der Waals surface area contributed by atoms with Gasteiger partial charge in [-0.1, -0.05) is 13.3 Å². The van der Waals surface area contributed by atoms with Crippen LogP contribution in [0.5, 0.6) is 0 Å². The first-order valence-corrected chi connectivity index (χ1v) is 12.0. The van der Waals surface area contributed by atoms with Crippen LogP contribution in [0.15, 0.2) is 16.7 Å². The zero-order chi connectivity index (χ0) is 19.4. The van der Waals surface area contributed by atoms with Crippen LogP contribution in [0.1, 0.15) is 39.0 Å². The van der Waals surface area contributed by atoms with Gasteiger partial charge in [0.1, 0.15) is 0 Å². The van der Waals surface area contributed by atoms with E-state index < -0.39 is 10.2 Å². The third-order valence-corrected chi connectivity index (χ3v) is 7.59. The van der Waals surface area contributed by atoms with E-state index in [-0.39, 0.29) is 0 Å². The number of aromatic nitrogens is 1. The molecule has 0 spiro atoms. The first-order valence-electron chi connectivity index (χ1n) is 9.79. The maximum atomic E-state index is 12.5. The van der Waals surface area contributed by atoms with Gasteiger partial charge < -0.3 is 9.80 Å². The van der Waals surface area contributed by atoms with Gasteiger partial charge in [-0.3, -0.25) is 4.72 Å². The van der Waals surface area contributed by atoms with Crippen molar-refractivity contribution in [2.24, 2.45) is 0 Å². The average Bonchev–Trinajstić information content (AvgIpc) is 2.68. The molecule has 9 heteroatoms. The number of piperidine rings is 2. The minimum atomic E-state index is -3.58. The van der Waals surface area contributed by atoms with Gasteiger partial charge in [-0.05, 0) is 60.8 Å². The molecule has 1 aromatic rings. The average molecular weight is 460 g/mol. The monoisotopic (exact) mass is 459 g/mol. The van der Waals surface area contributed by atoms with Gasteiger partial charge in [0.05, 0.1) is 5.69 Å². The largest absolute Gasteiger partial charge is 0.355 e. The van der Waals surface area contributed by atoms with Gasteiger partial charge in [0.25, 0.3) is 0 Å². The van der Waals surface area contributed by atoms with Crippen molar-refractivity contribution < 1.29 is 8.42 Å². The highest BCUT2D eigenvalue weighted by atomic mass is 79.9. The van der Waals surface area contributed by atoms with E-state index in [1.807, 2.05) is 6.92 Å². The predicted molar refractivity (Wildman–Crippen MR) is 113 cm³/mol. The van der Waals surface area contributed by atoms with E-state index in [1.54, 1.807) is 19.3 Å². The van der Waals surface area contributed by atoms with Crippen molar-refractivity contribution in [3.8, 4) is 0 Å². The molecule has 0 unspecified atom stereocenters. The molecule has 3 heterocycles. The second-order valence-corrected chi connectivity index (χ2v) is 10.1. The van der Waals surface area contributed by atoms with Crippen molar-refractivity contribution in [3.63, 3.8) is 0 Å². The number of anilines is 2. The molecule has 2 aliphatic heterocycles. The molecular formula is C18H30BrN5O2S. The molecule has 0 amide bonds. The van der Waals surface area contributed by atoms with Crippen molar-refractivity contribution in [2.45, 2.75) is 45.1 Å². The molecule has 0 radical (unpaired) electrons. The molecule has 1 aromatic heterocycles. The lowest BCUT2D eigenvalue weighted by Gasteiger charge is -2.41. The maximum Gasteiger partial charge on any atom is 0.301 e. The molecule has 0 atom stereocenters. The SMILES string of the molecule is CCN(C)S(=O)(=O)Nc1cc(Br)cnc1N1CCC(N2CCCCC2)CC1. The number of hydrogen-bond donors (Lipinski definition) is 1. The molecule has 27 heavy (non-hydrogen) atoms. The molecule has 3 rings (SSSR count). The molecule has 7 nitrogen and oxygen atoms in total. The fourth-order valence-corrected chi connectivity index (χ4v) is 5.13. The lowest BCUT2D eigenvalue weighted by molar-refractivity contribution is 0.141. The number of rotatable bonds is 6. The molecular weight excluding hydrogens is 430 g/mol. The minimum Gasteiger partial charge on any atom is -0.355 e. The first kappa shape index (κ1) is 20.8. The second kappa shape index (κ2) is 9.07. The standard InChI is InChI=1S/C18H30BrN5O2S/c1-3-22(2)27(25,26)21-17-13-15(19)14-20-18(17)24-11-7-16(8-12-24)23-9-5-4-6-10-23/h13-14,16,21H,3-12H2,1-2H3. The summed E-state index contributed by atoms with van der Waals surface area (Å²) in [5, 5.41) is 0. The number of nitrogens with one attached hydrogen (secondary N) is 1. The Morgan fingerprint density at radius 1 is 1.22 bits per heavy atom. The summed E-state index contributed by atoms with van der Waals surface area (Å²) in [5.74, 6) is 0.711. The Bertz CT molecular complexity index is 731. The van der Waals surface area contributed by atoms with Crippen molar-refractivity contribution in [1.29, 1.82) is 0 Å². The smallest absolute Gasteiger partial charge is 0.301 e. The number of hydrogen-bond acceptors (Lipinski definition) is 5. The van der Waals surface area contributed by atoms with Crippen LogP contribution in [0.4, 0.5) is 11.5 Å². The van der Waals surface area contributed by atoms with E-state index in [2.05, 4.69) is 35.4 Å². The number of pyridine rings is 1. The van der Waals surface area contributed by atoms with E-state index in [0.29, 0.717) is 24.1 Å². The highest BCUT2D eigenvalue weighted by molar-refractivity contribution is 9.10. The summed E-state index contributed by atoms with van der Waals surface area (Å²) in [6.45, 7) is 6.45. The van der Waals surface area contributed by atoms with E-state index in [9.17, 15) is 8.42 Å². The molecule has 0 aromatic carbocycles. The summed E-state index contributed by atoms with van der Waals surface area (Å²) in [6, 6.07) is 2.43. The summed E-state index contributed by atoms with van der Waals surface area (Å²) < 4.78 is 29.7. The Labute approximate surface area is 171 Å². The van der Waals surface area contributed by atoms with Crippen molar-refractivity contribution in [2.75, 3.05) is 49.4 Å². The topological polar surface area (TPSA) is 68.8 Å². The van der Waals surface area contributed by atoms with Crippen molar-refractivity contribution in [3.05, 3.63) is 16.7 Å². The molecule has 0 bridgehead atoms. The van der Waals surface area contributed by atoms with Gasteiger partial charge in [0.15, 0.2) is 5.82 Å². The highest BCUT2D eigenvalue weighted by Crippen LogP contribution is 2.31. The number of likely N-dealkylation sites (tertiary alicyclic amines) is 1. The van der Waals surface area contributed by atoms with Gasteiger partial charge >= 0.3 is 10.2 Å². The van der Waals surface area contributed by atoms with Crippen LogP contribution < -0.4 is 9.62 Å². The van der Waals surface area contributed by atoms with Crippen LogP contribution in [0.3, 0.4) is 0 Å². The van der Waals surface area contributed by atoms with Crippen molar-refractivity contribution in [1.82, 2.24) is 14.2 Å². The fourth-order valence-electron chi connectivity index (χ4n) is 3.87. The highest BCUT2D eigenvalue weighted by Gasteiger charge is 2.28. The maximum absolute atomic E-state index is 12.5. The Kier molecular flexibility index (Phi) is 6.99. The van der Waals surface area contributed by atoms with Crippen LogP contribution in [0.25, 0.3) is 0 Å². The molecule has 152 valence electrons. The molecule has 2 saturated heterocycles. The predicted octanol–water partition coefficient (Wildman–Crippen LogP) is 2.91. The normalized spacial score (nSPS) is 20.2. The van der Waals surface area contributed by atoms with Gasteiger partial charge in [-0.25, -0.2) is 4.98 Å². The number of halogens is 1. The second-order valence-electron chi connectivity index (χ2n) is 7.36. The van der Waals surface area contributed by atoms with Crippen molar-refractivity contribution >= 4 is 37.6 Å². The van der Waals surface area contributed by atoms with Gasteiger partial charge in [0, 0.05) is 43.4 Å². The zero-order valence-electron chi connectivity index (χ0n) is 16.2. The van der Waals surface area contributed by atoms with E-state index in [1.165, 1.54) is 36.7 Å². The molecule has 0 aliphatic carbocycles. The zero-order valence-corrected chi connectivity index (χ0v) is 18.6.